The Kier molecular flexibility index (Phi) is 4.44. The number of halogens is 1. The first-order valence-electron chi connectivity index (χ1n) is 9.00. The fourth-order valence-corrected chi connectivity index (χ4v) is 4.03. The lowest BCUT2D eigenvalue weighted by molar-refractivity contribution is -0.167. The van der Waals surface area contributed by atoms with Gasteiger partial charge in [0, 0.05) is 12.0 Å². The van der Waals surface area contributed by atoms with Crippen molar-refractivity contribution >= 4 is 5.91 Å². The Bertz CT molecular complexity index is 781. The molecular weight excluding hydrogens is 337 g/mol. The van der Waals surface area contributed by atoms with Crippen LogP contribution in [0.2, 0.25) is 0 Å². The zero-order valence-electron chi connectivity index (χ0n) is 14.4. The highest BCUT2D eigenvalue weighted by atomic mass is 19.1. The summed E-state index contributed by atoms with van der Waals surface area (Å²) in [5.74, 6) is 1.07. The zero-order chi connectivity index (χ0) is 18.1. The fourth-order valence-electron chi connectivity index (χ4n) is 4.03. The fraction of sp³-hybridized carbons (Fsp3) is 0.450. The van der Waals surface area contributed by atoms with Gasteiger partial charge in [-0.1, -0.05) is 6.42 Å². The molecule has 2 aliphatic rings. The first kappa shape index (κ1) is 17.1. The standard InChI is InChI=1S/C20H22FNO4/c21-14-2-4-15(5-3-14)25-12-16-6-7-17(26-16)19(24)22-11-13-10-18(23)20(13)8-1-9-20/h2-7,13,18,23H,1,8-12H2,(H,22,24). The summed E-state index contributed by atoms with van der Waals surface area (Å²) in [5, 5.41) is 12.9. The van der Waals surface area contributed by atoms with Crippen molar-refractivity contribution in [1.82, 2.24) is 5.32 Å². The summed E-state index contributed by atoms with van der Waals surface area (Å²) in [6.45, 7) is 0.731. The topological polar surface area (TPSA) is 71.7 Å². The summed E-state index contributed by atoms with van der Waals surface area (Å²) in [5.41, 5.74) is 0.0462. The molecule has 2 aromatic rings. The van der Waals surface area contributed by atoms with Gasteiger partial charge in [-0.3, -0.25) is 4.79 Å². The maximum absolute atomic E-state index is 12.9. The Morgan fingerprint density at radius 2 is 2.04 bits per heavy atom. The van der Waals surface area contributed by atoms with E-state index in [4.69, 9.17) is 9.15 Å². The lowest BCUT2D eigenvalue weighted by Gasteiger charge is -2.59. The van der Waals surface area contributed by atoms with Gasteiger partial charge in [0.15, 0.2) is 5.76 Å². The van der Waals surface area contributed by atoms with Crippen LogP contribution in [0.5, 0.6) is 5.75 Å². The Morgan fingerprint density at radius 1 is 1.27 bits per heavy atom. The van der Waals surface area contributed by atoms with Crippen molar-refractivity contribution in [3.63, 3.8) is 0 Å². The Morgan fingerprint density at radius 3 is 2.69 bits per heavy atom. The second-order valence-electron chi connectivity index (χ2n) is 7.25. The average molecular weight is 359 g/mol. The van der Waals surface area contributed by atoms with E-state index >= 15 is 0 Å². The Balaban J connectivity index is 1.27. The molecule has 0 aliphatic heterocycles. The molecule has 6 heteroatoms. The van der Waals surface area contributed by atoms with Crippen molar-refractivity contribution in [2.75, 3.05) is 6.54 Å². The van der Waals surface area contributed by atoms with Crippen LogP contribution in [0.15, 0.2) is 40.8 Å². The van der Waals surface area contributed by atoms with Crippen LogP contribution in [0.4, 0.5) is 4.39 Å². The lowest BCUT2D eigenvalue weighted by Crippen LogP contribution is -2.60. The molecular formula is C20H22FNO4. The van der Waals surface area contributed by atoms with Gasteiger partial charge >= 0.3 is 0 Å². The molecule has 26 heavy (non-hydrogen) atoms. The highest BCUT2D eigenvalue weighted by Gasteiger charge is 2.57. The molecule has 2 atom stereocenters. The van der Waals surface area contributed by atoms with E-state index in [9.17, 15) is 14.3 Å². The van der Waals surface area contributed by atoms with E-state index in [0.29, 0.717) is 24.0 Å². The molecule has 2 unspecified atom stereocenters. The zero-order valence-corrected chi connectivity index (χ0v) is 14.4. The number of aliphatic hydroxyl groups is 1. The Labute approximate surface area is 151 Å². The maximum Gasteiger partial charge on any atom is 0.287 e. The number of amides is 1. The third-order valence-electron chi connectivity index (χ3n) is 5.86. The van der Waals surface area contributed by atoms with Crippen LogP contribution in [-0.4, -0.2) is 23.7 Å². The van der Waals surface area contributed by atoms with E-state index < -0.39 is 0 Å². The van der Waals surface area contributed by atoms with E-state index in [1.807, 2.05) is 0 Å². The van der Waals surface area contributed by atoms with Crippen LogP contribution >= 0.6 is 0 Å². The number of rotatable bonds is 6. The minimum absolute atomic E-state index is 0.0462. The number of benzene rings is 1. The van der Waals surface area contributed by atoms with E-state index in [0.717, 1.165) is 25.7 Å². The van der Waals surface area contributed by atoms with Crippen LogP contribution in [0.3, 0.4) is 0 Å². The van der Waals surface area contributed by atoms with Crippen molar-refractivity contribution in [1.29, 1.82) is 0 Å². The maximum atomic E-state index is 12.9. The first-order chi connectivity index (χ1) is 12.6. The molecule has 138 valence electrons. The molecule has 2 saturated carbocycles. The second-order valence-corrected chi connectivity index (χ2v) is 7.25. The Hall–Kier alpha value is -2.34. The second kappa shape index (κ2) is 6.76. The summed E-state index contributed by atoms with van der Waals surface area (Å²) in [6.07, 6.45) is 3.82. The molecule has 5 nitrogen and oxygen atoms in total. The van der Waals surface area contributed by atoms with E-state index in [2.05, 4.69) is 5.32 Å². The molecule has 4 rings (SSSR count). The molecule has 0 bridgehead atoms. The van der Waals surface area contributed by atoms with Gasteiger partial charge in [0.2, 0.25) is 0 Å². The van der Waals surface area contributed by atoms with Gasteiger partial charge < -0.3 is 19.6 Å². The highest BCUT2D eigenvalue weighted by Crippen LogP contribution is 2.59. The number of hydrogen-bond donors (Lipinski definition) is 2. The number of carbonyl (C=O) groups excluding carboxylic acids is 1. The summed E-state index contributed by atoms with van der Waals surface area (Å²) in [7, 11) is 0. The van der Waals surface area contributed by atoms with Gasteiger partial charge in [-0.2, -0.15) is 0 Å². The van der Waals surface area contributed by atoms with Crippen LogP contribution < -0.4 is 10.1 Å². The van der Waals surface area contributed by atoms with E-state index in [1.54, 1.807) is 12.1 Å². The molecule has 2 aliphatic carbocycles. The SMILES string of the molecule is O=C(NCC1CC(O)C12CCC2)c1ccc(COc2ccc(F)cc2)o1. The quantitative estimate of drug-likeness (QED) is 0.830. The van der Waals surface area contributed by atoms with Gasteiger partial charge in [0.1, 0.15) is 23.9 Å². The van der Waals surface area contributed by atoms with Crippen LogP contribution in [0, 0.1) is 17.2 Å². The molecule has 1 amide bonds. The largest absolute Gasteiger partial charge is 0.486 e. The number of hydrogen-bond acceptors (Lipinski definition) is 4. The van der Waals surface area contributed by atoms with Crippen molar-refractivity contribution in [3.8, 4) is 5.75 Å². The summed E-state index contributed by atoms with van der Waals surface area (Å²) >= 11 is 0. The third-order valence-corrected chi connectivity index (χ3v) is 5.86. The minimum Gasteiger partial charge on any atom is -0.486 e. The van der Waals surface area contributed by atoms with Crippen molar-refractivity contribution in [3.05, 3.63) is 53.7 Å². The number of aliphatic hydroxyl groups excluding tert-OH is 1. The molecule has 2 fully saturated rings. The van der Waals surface area contributed by atoms with Gasteiger partial charge in [-0.15, -0.1) is 0 Å². The first-order valence-corrected chi connectivity index (χ1v) is 9.00. The molecule has 1 aromatic heterocycles. The summed E-state index contributed by atoms with van der Waals surface area (Å²) in [4.78, 5) is 12.3. The molecule has 2 N–H and O–H groups in total. The van der Waals surface area contributed by atoms with E-state index in [-0.39, 0.29) is 35.6 Å². The predicted molar refractivity (Wildman–Crippen MR) is 92.2 cm³/mol. The number of nitrogens with one attached hydrogen (secondary N) is 1. The van der Waals surface area contributed by atoms with Gasteiger partial charge in [0.05, 0.1) is 6.10 Å². The van der Waals surface area contributed by atoms with Crippen LogP contribution in [0.1, 0.15) is 42.0 Å². The number of ether oxygens (including phenoxy) is 1. The monoisotopic (exact) mass is 359 g/mol. The predicted octanol–water partition coefficient (Wildman–Crippen LogP) is 3.28. The van der Waals surface area contributed by atoms with Crippen molar-refractivity contribution in [2.24, 2.45) is 11.3 Å². The molecule has 1 spiro atoms. The van der Waals surface area contributed by atoms with Gasteiger partial charge in [-0.05, 0) is 61.6 Å². The van der Waals surface area contributed by atoms with Crippen LogP contribution in [-0.2, 0) is 6.61 Å². The van der Waals surface area contributed by atoms with Crippen molar-refractivity contribution in [2.45, 2.75) is 38.4 Å². The number of furan rings is 1. The minimum atomic E-state index is -0.322. The highest BCUT2D eigenvalue weighted by molar-refractivity contribution is 5.91. The average Bonchev–Trinajstić information content (AvgIpc) is 3.05. The van der Waals surface area contributed by atoms with Crippen LogP contribution in [0.25, 0.3) is 0 Å². The van der Waals surface area contributed by atoms with E-state index in [1.165, 1.54) is 24.3 Å². The normalized spacial score (nSPS) is 23.2. The third kappa shape index (κ3) is 3.09. The summed E-state index contributed by atoms with van der Waals surface area (Å²) in [6, 6.07) is 9.03. The molecule has 1 aromatic carbocycles. The smallest absolute Gasteiger partial charge is 0.287 e. The molecule has 0 radical (unpaired) electrons. The van der Waals surface area contributed by atoms with Gasteiger partial charge in [-0.25, -0.2) is 4.39 Å². The van der Waals surface area contributed by atoms with Crippen molar-refractivity contribution < 1.29 is 23.4 Å². The lowest BCUT2D eigenvalue weighted by atomic mass is 9.48. The van der Waals surface area contributed by atoms with Gasteiger partial charge in [0.25, 0.3) is 5.91 Å². The molecule has 1 heterocycles. The molecule has 0 saturated heterocycles. The summed E-state index contributed by atoms with van der Waals surface area (Å²) < 4.78 is 23.9. The number of carbonyl (C=O) groups is 1.